The molecule has 3 amide bonds. The summed E-state index contributed by atoms with van der Waals surface area (Å²) in [6.07, 6.45) is -0.940. The highest BCUT2D eigenvalue weighted by molar-refractivity contribution is 5.98. The van der Waals surface area contributed by atoms with Crippen LogP contribution < -0.4 is 10.9 Å². The molecule has 1 aromatic heterocycles. The van der Waals surface area contributed by atoms with E-state index >= 15 is 0 Å². The first-order chi connectivity index (χ1) is 12.5. The topological polar surface area (TPSA) is 121 Å². The van der Waals surface area contributed by atoms with Crippen LogP contribution in [0, 0.1) is 0 Å². The van der Waals surface area contributed by atoms with E-state index in [1.165, 1.54) is 6.92 Å². The molecule has 0 spiro atoms. The molecule has 0 unspecified atom stereocenters. The molecule has 1 fully saturated rings. The van der Waals surface area contributed by atoms with Gasteiger partial charge in [-0.25, -0.2) is 9.78 Å². The van der Waals surface area contributed by atoms with Crippen molar-refractivity contribution < 1.29 is 19.1 Å². The normalized spacial score (nSPS) is 15.0. The van der Waals surface area contributed by atoms with Gasteiger partial charge in [-0.3, -0.25) is 19.3 Å². The lowest BCUT2D eigenvalue weighted by Gasteiger charge is -2.18. The average Bonchev–Trinajstić information content (AvgIpc) is 3.05. The van der Waals surface area contributed by atoms with Gasteiger partial charge in [0.2, 0.25) is 0 Å². The van der Waals surface area contributed by atoms with Crippen molar-refractivity contribution in [3.05, 3.63) is 40.4 Å². The highest BCUT2D eigenvalue weighted by atomic mass is 16.5. The van der Waals surface area contributed by atoms with Crippen molar-refractivity contribution in [2.75, 3.05) is 13.1 Å². The molecule has 9 nitrogen and oxygen atoms in total. The number of rotatable bonds is 5. The zero-order valence-corrected chi connectivity index (χ0v) is 14.2. The molecule has 1 aliphatic heterocycles. The van der Waals surface area contributed by atoms with Gasteiger partial charge in [-0.2, -0.15) is 0 Å². The van der Waals surface area contributed by atoms with Crippen molar-refractivity contribution in [2.45, 2.75) is 25.9 Å². The predicted octanol–water partition coefficient (Wildman–Crippen LogP) is 0.339. The van der Waals surface area contributed by atoms with Crippen molar-refractivity contribution in [3.8, 4) is 0 Å². The Morgan fingerprint density at radius 2 is 2.08 bits per heavy atom. The molecule has 2 heterocycles. The van der Waals surface area contributed by atoms with Crippen LogP contribution in [-0.2, 0) is 20.7 Å². The zero-order chi connectivity index (χ0) is 18.7. The third-order valence-electron chi connectivity index (χ3n) is 4.01. The number of aromatic amines is 1. The van der Waals surface area contributed by atoms with Gasteiger partial charge in [0.05, 0.1) is 17.3 Å². The molecule has 136 valence electrons. The van der Waals surface area contributed by atoms with Crippen LogP contribution in [0.15, 0.2) is 29.1 Å². The minimum Gasteiger partial charge on any atom is -0.453 e. The van der Waals surface area contributed by atoms with Gasteiger partial charge in [0.1, 0.15) is 5.82 Å². The highest BCUT2D eigenvalue weighted by Gasteiger charge is 2.31. The van der Waals surface area contributed by atoms with Gasteiger partial charge < -0.3 is 15.0 Å². The van der Waals surface area contributed by atoms with Crippen LogP contribution in [0.1, 0.15) is 19.2 Å². The van der Waals surface area contributed by atoms with E-state index < -0.39 is 24.0 Å². The van der Waals surface area contributed by atoms with Crippen molar-refractivity contribution in [2.24, 2.45) is 0 Å². The molecule has 3 rings (SSSR count). The largest absolute Gasteiger partial charge is 0.453 e. The fraction of sp³-hybridized carbons (Fsp3) is 0.353. The summed E-state index contributed by atoms with van der Waals surface area (Å²) in [5.74, 6) is -0.810. The van der Waals surface area contributed by atoms with Crippen molar-refractivity contribution in [1.82, 2.24) is 20.2 Å². The SMILES string of the molecule is C[C@@H](OC(=O)CCc1nc2ccccc2c(=O)[nH]1)C(=O)N1CCNC1=O. The molecular weight excluding hydrogens is 340 g/mol. The Morgan fingerprint density at radius 1 is 1.31 bits per heavy atom. The standard InChI is InChI=1S/C17H18N4O5/c1-10(16(24)21-9-8-18-17(21)25)26-14(22)7-6-13-19-12-5-3-2-4-11(12)15(23)20-13/h2-5,10H,6-9H2,1H3,(H,18,25)(H,19,20,23)/t10-/m1/s1. The second kappa shape index (κ2) is 7.34. The number of imide groups is 1. The number of hydrogen-bond acceptors (Lipinski definition) is 6. The summed E-state index contributed by atoms with van der Waals surface area (Å²) in [5, 5.41) is 2.98. The van der Waals surface area contributed by atoms with Gasteiger partial charge in [-0.15, -0.1) is 0 Å². The Balaban J connectivity index is 1.58. The average molecular weight is 358 g/mol. The minimum absolute atomic E-state index is 0.0505. The van der Waals surface area contributed by atoms with Crippen molar-refractivity contribution in [1.29, 1.82) is 0 Å². The predicted molar refractivity (Wildman–Crippen MR) is 91.4 cm³/mol. The fourth-order valence-corrected chi connectivity index (χ4v) is 2.68. The molecule has 2 N–H and O–H groups in total. The Labute approximate surface area is 148 Å². The molecule has 1 atom stereocenters. The number of para-hydroxylation sites is 1. The number of nitrogens with zero attached hydrogens (tertiary/aromatic N) is 2. The third-order valence-corrected chi connectivity index (χ3v) is 4.01. The van der Waals surface area contributed by atoms with E-state index in [0.717, 1.165) is 4.90 Å². The Bertz CT molecular complexity index is 923. The number of carbonyl (C=O) groups is 3. The van der Waals surface area contributed by atoms with Gasteiger partial charge in [0.25, 0.3) is 11.5 Å². The van der Waals surface area contributed by atoms with Crippen LogP contribution in [0.2, 0.25) is 0 Å². The molecule has 26 heavy (non-hydrogen) atoms. The van der Waals surface area contributed by atoms with Gasteiger partial charge >= 0.3 is 12.0 Å². The number of urea groups is 1. The summed E-state index contributed by atoms with van der Waals surface area (Å²) in [4.78, 5) is 55.5. The molecule has 1 aliphatic rings. The number of esters is 1. The summed E-state index contributed by atoms with van der Waals surface area (Å²) in [7, 11) is 0. The summed E-state index contributed by atoms with van der Waals surface area (Å²) in [5.41, 5.74) is 0.269. The number of fused-ring (bicyclic) bond motifs is 1. The molecule has 1 aromatic carbocycles. The first-order valence-electron chi connectivity index (χ1n) is 8.22. The van der Waals surface area contributed by atoms with Crippen LogP contribution in [0.5, 0.6) is 0 Å². The Hall–Kier alpha value is -3.23. The zero-order valence-electron chi connectivity index (χ0n) is 14.2. The van der Waals surface area contributed by atoms with E-state index in [9.17, 15) is 19.2 Å². The minimum atomic E-state index is -1.06. The third kappa shape index (κ3) is 3.71. The summed E-state index contributed by atoms with van der Waals surface area (Å²) < 4.78 is 5.08. The molecule has 0 aliphatic carbocycles. The Kier molecular flexibility index (Phi) is 4.97. The van der Waals surface area contributed by atoms with Crippen LogP contribution >= 0.6 is 0 Å². The lowest BCUT2D eigenvalue weighted by atomic mass is 10.2. The lowest BCUT2D eigenvalue weighted by molar-refractivity contribution is -0.157. The number of ether oxygens (including phenoxy) is 1. The number of benzene rings is 1. The van der Waals surface area contributed by atoms with E-state index in [-0.39, 0.29) is 24.9 Å². The van der Waals surface area contributed by atoms with E-state index in [1.54, 1.807) is 24.3 Å². The monoisotopic (exact) mass is 358 g/mol. The Morgan fingerprint density at radius 3 is 2.81 bits per heavy atom. The van der Waals surface area contributed by atoms with Crippen molar-refractivity contribution in [3.63, 3.8) is 0 Å². The van der Waals surface area contributed by atoms with Crippen LogP contribution in [0.3, 0.4) is 0 Å². The van der Waals surface area contributed by atoms with E-state index in [4.69, 9.17) is 4.74 Å². The van der Waals surface area contributed by atoms with E-state index in [0.29, 0.717) is 23.3 Å². The summed E-state index contributed by atoms with van der Waals surface area (Å²) >= 11 is 0. The van der Waals surface area contributed by atoms with E-state index in [1.807, 2.05) is 0 Å². The molecular formula is C17H18N4O5. The van der Waals surface area contributed by atoms with E-state index in [2.05, 4.69) is 15.3 Å². The quantitative estimate of drug-likeness (QED) is 0.744. The lowest BCUT2D eigenvalue weighted by Crippen LogP contribution is -2.41. The second-order valence-electron chi connectivity index (χ2n) is 5.88. The van der Waals surface area contributed by atoms with Gasteiger partial charge in [-0.05, 0) is 19.1 Å². The van der Waals surface area contributed by atoms with Crippen LogP contribution in [0.25, 0.3) is 10.9 Å². The first kappa shape index (κ1) is 17.6. The van der Waals surface area contributed by atoms with Gasteiger partial charge in [-0.1, -0.05) is 12.1 Å². The number of carbonyl (C=O) groups excluding carboxylic acids is 3. The molecule has 9 heteroatoms. The summed E-state index contributed by atoms with van der Waals surface area (Å²) in [6, 6.07) is 6.41. The highest BCUT2D eigenvalue weighted by Crippen LogP contribution is 2.08. The molecule has 0 bridgehead atoms. The van der Waals surface area contributed by atoms with Crippen LogP contribution in [0.4, 0.5) is 4.79 Å². The molecule has 2 aromatic rings. The smallest absolute Gasteiger partial charge is 0.324 e. The number of H-pyrrole nitrogens is 1. The number of aryl methyl sites for hydroxylation is 1. The van der Waals surface area contributed by atoms with Gasteiger partial charge in [0, 0.05) is 19.5 Å². The number of aromatic nitrogens is 2. The number of hydrogen-bond donors (Lipinski definition) is 2. The maximum atomic E-state index is 12.1. The second-order valence-corrected chi connectivity index (χ2v) is 5.88. The number of amides is 3. The number of nitrogens with one attached hydrogen (secondary N) is 2. The molecule has 1 saturated heterocycles. The maximum absolute atomic E-state index is 12.1. The van der Waals surface area contributed by atoms with Crippen molar-refractivity contribution >= 4 is 28.8 Å². The van der Waals surface area contributed by atoms with Gasteiger partial charge in [0.15, 0.2) is 6.10 Å². The fourth-order valence-electron chi connectivity index (χ4n) is 2.68. The van der Waals surface area contributed by atoms with Crippen LogP contribution in [-0.4, -0.2) is 52.0 Å². The summed E-state index contributed by atoms with van der Waals surface area (Å²) in [6.45, 7) is 2.05. The molecule has 0 radical (unpaired) electrons. The molecule has 0 saturated carbocycles. The maximum Gasteiger partial charge on any atom is 0.324 e. The first-order valence-corrected chi connectivity index (χ1v) is 8.22.